The first-order valence-electron chi connectivity index (χ1n) is 7.81. The topological polar surface area (TPSA) is 41.6 Å². The molecule has 0 aromatic heterocycles. The SMILES string of the molecule is O=C(COc1ccccc1Cl)NN(c1ccccc1)c1ccccc1. The molecular formula is C20H17ClN2O2. The summed E-state index contributed by atoms with van der Waals surface area (Å²) in [5, 5.41) is 2.19. The van der Waals surface area contributed by atoms with E-state index in [4.69, 9.17) is 16.3 Å². The normalized spacial score (nSPS) is 10.1. The number of halogens is 1. The molecule has 0 aliphatic rings. The van der Waals surface area contributed by atoms with E-state index in [-0.39, 0.29) is 12.5 Å². The second kappa shape index (κ2) is 8.22. The number of nitrogens with one attached hydrogen (secondary N) is 1. The van der Waals surface area contributed by atoms with Gasteiger partial charge in [0.1, 0.15) is 5.75 Å². The molecule has 0 fully saturated rings. The van der Waals surface area contributed by atoms with E-state index in [0.717, 1.165) is 11.4 Å². The summed E-state index contributed by atoms with van der Waals surface area (Å²) in [4.78, 5) is 12.4. The molecule has 1 N–H and O–H groups in total. The number of carbonyl (C=O) groups is 1. The Morgan fingerprint density at radius 3 is 1.92 bits per heavy atom. The summed E-state index contributed by atoms with van der Waals surface area (Å²) >= 11 is 6.04. The third-order valence-corrected chi connectivity index (χ3v) is 3.77. The third kappa shape index (κ3) is 4.52. The maximum atomic E-state index is 12.4. The summed E-state index contributed by atoms with van der Waals surface area (Å²) in [6, 6.07) is 26.2. The van der Waals surface area contributed by atoms with E-state index >= 15 is 0 Å². The van der Waals surface area contributed by atoms with Crippen LogP contribution in [0.3, 0.4) is 0 Å². The van der Waals surface area contributed by atoms with Gasteiger partial charge in [-0.3, -0.25) is 15.2 Å². The van der Waals surface area contributed by atoms with E-state index in [0.29, 0.717) is 10.8 Å². The molecule has 0 saturated heterocycles. The quantitative estimate of drug-likeness (QED) is 0.660. The molecule has 0 bridgehead atoms. The van der Waals surface area contributed by atoms with Crippen LogP contribution >= 0.6 is 11.6 Å². The van der Waals surface area contributed by atoms with Gasteiger partial charge in [-0.2, -0.15) is 0 Å². The summed E-state index contributed by atoms with van der Waals surface area (Å²) in [5.41, 5.74) is 4.56. The minimum atomic E-state index is -0.285. The number of rotatable bonds is 6. The zero-order valence-electron chi connectivity index (χ0n) is 13.4. The molecule has 25 heavy (non-hydrogen) atoms. The molecule has 0 atom stereocenters. The Morgan fingerprint density at radius 1 is 0.840 bits per heavy atom. The van der Waals surface area contributed by atoms with Gasteiger partial charge < -0.3 is 4.74 Å². The molecule has 0 aliphatic carbocycles. The Balaban J connectivity index is 1.72. The summed E-state index contributed by atoms with van der Waals surface area (Å²) in [5.74, 6) is 0.193. The second-order valence-electron chi connectivity index (χ2n) is 5.26. The first kappa shape index (κ1) is 16.9. The number of ether oxygens (including phenoxy) is 1. The zero-order chi connectivity index (χ0) is 17.5. The molecule has 0 radical (unpaired) electrons. The smallest absolute Gasteiger partial charge is 0.276 e. The van der Waals surface area contributed by atoms with Crippen LogP contribution < -0.4 is 15.2 Å². The van der Waals surface area contributed by atoms with Gasteiger partial charge in [-0.25, -0.2) is 0 Å². The lowest BCUT2D eigenvalue weighted by molar-refractivity contribution is -0.123. The number of para-hydroxylation sites is 3. The van der Waals surface area contributed by atoms with Crippen molar-refractivity contribution in [2.75, 3.05) is 11.6 Å². The summed E-state index contributed by atoms with van der Waals surface area (Å²) < 4.78 is 5.50. The van der Waals surface area contributed by atoms with Crippen LogP contribution in [-0.4, -0.2) is 12.5 Å². The van der Waals surface area contributed by atoms with Gasteiger partial charge in [0, 0.05) is 0 Å². The molecule has 3 aromatic rings. The van der Waals surface area contributed by atoms with E-state index in [1.54, 1.807) is 23.2 Å². The fraction of sp³-hybridized carbons (Fsp3) is 0.0500. The molecule has 0 saturated carbocycles. The van der Waals surface area contributed by atoms with E-state index in [2.05, 4.69) is 5.43 Å². The van der Waals surface area contributed by atoms with E-state index < -0.39 is 0 Å². The van der Waals surface area contributed by atoms with Gasteiger partial charge in [0.05, 0.1) is 16.4 Å². The lowest BCUT2D eigenvalue weighted by Gasteiger charge is -2.25. The molecule has 126 valence electrons. The minimum Gasteiger partial charge on any atom is -0.482 e. The van der Waals surface area contributed by atoms with Crippen LogP contribution in [0.4, 0.5) is 11.4 Å². The third-order valence-electron chi connectivity index (χ3n) is 3.46. The van der Waals surface area contributed by atoms with Crippen LogP contribution in [0.2, 0.25) is 5.02 Å². The maximum absolute atomic E-state index is 12.4. The fourth-order valence-corrected chi connectivity index (χ4v) is 2.48. The largest absolute Gasteiger partial charge is 0.482 e. The summed E-state index contributed by atoms with van der Waals surface area (Å²) in [6.45, 7) is -0.139. The number of hydrazine groups is 1. The molecule has 0 heterocycles. The highest BCUT2D eigenvalue weighted by molar-refractivity contribution is 6.32. The highest BCUT2D eigenvalue weighted by Gasteiger charge is 2.13. The standard InChI is InChI=1S/C20H17ClN2O2/c21-18-13-7-8-14-19(18)25-15-20(24)22-23(16-9-3-1-4-10-16)17-11-5-2-6-12-17/h1-14H,15H2,(H,22,24). The number of anilines is 2. The number of carbonyl (C=O) groups excluding carboxylic acids is 1. The van der Waals surface area contributed by atoms with Gasteiger partial charge in [0.2, 0.25) is 0 Å². The van der Waals surface area contributed by atoms with Gasteiger partial charge in [0.25, 0.3) is 5.91 Å². The van der Waals surface area contributed by atoms with Gasteiger partial charge >= 0.3 is 0 Å². The van der Waals surface area contributed by atoms with Crippen LogP contribution in [0.1, 0.15) is 0 Å². The van der Waals surface area contributed by atoms with Crippen molar-refractivity contribution >= 4 is 28.9 Å². The molecule has 3 aromatic carbocycles. The molecule has 1 amide bonds. The first-order chi connectivity index (χ1) is 12.2. The highest BCUT2D eigenvalue weighted by Crippen LogP contribution is 2.24. The van der Waals surface area contributed by atoms with E-state index in [9.17, 15) is 4.79 Å². The number of benzene rings is 3. The predicted molar refractivity (Wildman–Crippen MR) is 100 cm³/mol. The van der Waals surface area contributed by atoms with Crippen LogP contribution in [0.15, 0.2) is 84.9 Å². The van der Waals surface area contributed by atoms with Crippen LogP contribution in [0.5, 0.6) is 5.75 Å². The Hall–Kier alpha value is -2.98. The average Bonchev–Trinajstić information content (AvgIpc) is 2.67. The number of hydrogen-bond acceptors (Lipinski definition) is 3. The van der Waals surface area contributed by atoms with Crippen molar-refractivity contribution in [3.63, 3.8) is 0 Å². The van der Waals surface area contributed by atoms with Crippen molar-refractivity contribution in [2.24, 2.45) is 0 Å². The lowest BCUT2D eigenvalue weighted by Crippen LogP contribution is -2.41. The molecule has 5 heteroatoms. The molecule has 4 nitrogen and oxygen atoms in total. The van der Waals surface area contributed by atoms with E-state index in [1.165, 1.54) is 0 Å². The molecular weight excluding hydrogens is 336 g/mol. The van der Waals surface area contributed by atoms with Crippen molar-refractivity contribution in [1.29, 1.82) is 0 Å². The molecule has 0 aliphatic heterocycles. The summed E-state index contributed by atoms with van der Waals surface area (Å²) in [6.07, 6.45) is 0. The van der Waals surface area contributed by atoms with Crippen molar-refractivity contribution in [3.8, 4) is 5.75 Å². The monoisotopic (exact) mass is 352 g/mol. The number of amides is 1. The van der Waals surface area contributed by atoms with Crippen molar-refractivity contribution in [2.45, 2.75) is 0 Å². The molecule has 0 spiro atoms. The fourth-order valence-electron chi connectivity index (χ4n) is 2.29. The van der Waals surface area contributed by atoms with Crippen molar-refractivity contribution in [1.82, 2.24) is 5.43 Å². The highest BCUT2D eigenvalue weighted by atomic mass is 35.5. The molecule has 0 unspecified atom stereocenters. The Labute approximate surface area is 151 Å². The zero-order valence-corrected chi connectivity index (χ0v) is 14.2. The predicted octanol–water partition coefficient (Wildman–Crippen LogP) is 4.59. The number of nitrogens with zero attached hydrogens (tertiary/aromatic N) is 1. The van der Waals surface area contributed by atoms with Gasteiger partial charge in [-0.05, 0) is 36.4 Å². The van der Waals surface area contributed by atoms with Gasteiger partial charge in [-0.1, -0.05) is 60.1 Å². The van der Waals surface area contributed by atoms with Gasteiger partial charge in [0.15, 0.2) is 6.61 Å². The second-order valence-corrected chi connectivity index (χ2v) is 5.67. The Kier molecular flexibility index (Phi) is 5.54. The summed E-state index contributed by atoms with van der Waals surface area (Å²) in [7, 11) is 0. The Bertz CT molecular complexity index is 786. The average molecular weight is 353 g/mol. The van der Waals surface area contributed by atoms with Crippen LogP contribution in [0.25, 0.3) is 0 Å². The van der Waals surface area contributed by atoms with Crippen molar-refractivity contribution in [3.05, 3.63) is 90.0 Å². The first-order valence-corrected chi connectivity index (χ1v) is 8.19. The van der Waals surface area contributed by atoms with Crippen LogP contribution in [0, 0.1) is 0 Å². The number of hydrogen-bond donors (Lipinski definition) is 1. The molecule has 3 rings (SSSR count). The maximum Gasteiger partial charge on any atom is 0.276 e. The van der Waals surface area contributed by atoms with Crippen molar-refractivity contribution < 1.29 is 9.53 Å². The van der Waals surface area contributed by atoms with Gasteiger partial charge in [-0.15, -0.1) is 0 Å². The van der Waals surface area contributed by atoms with E-state index in [1.807, 2.05) is 66.7 Å². The minimum absolute atomic E-state index is 0.139. The Morgan fingerprint density at radius 2 is 1.36 bits per heavy atom. The lowest BCUT2D eigenvalue weighted by atomic mass is 10.2. The van der Waals surface area contributed by atoms with Crippen LogP contribution in [-0.2, 0) is 4.79 Å².